The number of benzene rings is 2. The minimum atomic E-state index is 0.649. The number of fused-ring (bicyclic) bond motifs is 3. The van der Waals surface area contributed by atoms with Crippen LogP contribution in [0.1, 0.15) is 0 Å². The predicted octanol–water partition coefficient (Wildman–Crippen LogP) is 2.53. The fourth-order valence-corrected chi connectivity index (χ4v) is 2.28. The van der Waals surface area contributed by atoms with Crippen molar-refractivity contribution in [1.29, 1.82) is 0 Å². The first-order valence-corrected chi connectivity index (χ1v) is 6.27. The first kappa shape index (κ1) is 10.9. The summed E-state index contributed by atoms with van der Waals surface area (Å²) in [4.78, 5) is 8.98. The third-order valence-corrected chi connectivity index (χ3v) is 3.23. The number of nitrogens with two attached hydrogens (primary N) is 1. The number of anilines is 1. The lowest BCUT2D eigenvalue weighted by atomic mass is 10.2. The van der Waals surface area contributed by atoms with E-state index in [1.54, 1.807) is 10.8 Å². The van der Waals surface area contributed by atoms with E-state index in [2.05, 4.69) is 15.1 Å². The third kappa shape index (κ3) is 1.60. The molecule has 5 nitrogen and oxygen atoms in total. The van der Waals surface area contributed by atoms with E-state index in [1.165, 1.54) is 0 Å². The van der Waals surface area contributed by atoms with Crippen LogP contribution in [0.25, 0.3) is 27.9 Å². The second-order valence-corrected chi connectivity index (χ2v) is 4.59. The third-order valence-electron chi connectivity index (χ3n) is 3.23. The molecule has 0 aliphatic rings. The van der Waals surface area contributed by atoms with Crippen molar-refractivity contribution >= 4 is 22.2 Å². The van der Waals surface area contributed by atoms with Crippen molar-refractivity contribution < 1.29 is 0 Å². The smallest absolute Gasteiger partial charge is 0.182 e. The summed E-state index contributed by atoms with van der Waals surface area (Å²) in [7, 11) is 0. The quantitative estimate of drug-likeness (QED) is 0.534. The summed E-state index contributed by atoms with van der Waals surface area (Å²) in [5.41, 5.74) is 9.11. The van der Waals surface area contributed by atoms with Crippen LogP contribution in [0.4, 0.5) is 5.69 Å². The maximum absolute atomic E-state index is 5.81. The lowest BCUT2D eigenvalue weighted by molar-refractivity contribution is 0.938. The van der Waals surface area contributed by atoms with Crippen LogP contribution < -0.4 is 5.73 Å². The predicted molar refractivity (Wildman–Crippen MR) is 78.1 cm³/mol. The molecule has 0 aliphatic carbocycles. The SMILES string of the molecule is Nc1cccc(-c2nc3c4ccccc4ncn3n2)c1. The highest BCUT2D eigenvalue weighted by Crippen LogP contribution is 2.21. The van der Waals surface area contributed by atoms with Crippen molar-refractivity contribution in [3.05, 3.63) is 54.9 Å². The number of hydrogen-bond acceptors (Lipinski definition) is 4. The Hall–Kier alpha value is -2.95. The molecule has 2 heterocycles. The Bertz CT molecular complexity index is 926. The average Bonchev–Trinajstić information content (AvgIpc) is 2.92. The molecule has 0 fully saturated rings. The highest BCUT2D eigenvalue weighted by atomic mass is 15.3. The van der Waals surface area contributed by atoms with Gasteiger partial charge in [0, 0.05) is 16.6 Å². The van der Waals surface area contributed by atoms with Crippen LogP contribution in [0.15, 0.2) is 54.9 Å². The molecule has 4 rings (SSSR count). The first-order chi connectivity index (χ1) is 9.81. The molecule has 2 aromatic carbocycles. The number of hydrogen-bond donors (Lipinski definition) is 1. The van der Waals surface area contributed by atoms with Crippen LogP contribution in [0.3, 0.4) is 0 Å². The summed E-state index contributed by atoms with van der Waals surface area (Å²) in [5, 5.41) is 5.45. The minimum absolute atomic E-state index is 0.649. The molecule has 0 bridgehead atoms. The van der Waals surface area contributed by atoms with Crippen molar-refractivity contribution in [2.45, 2.75) is 0 Å². The molecule has 0 spiro atoms. The number of nitrogen functional groups attached to an aromatic ring is 1. The number of aromatic nitrogens is 4. The van der Waals surface area contributed by atoms with Gasteiger partial charge in [-0.2, -0.15) is 0 Å². The fraction of sp³-hybridized carbons (Fsp3) is 0. The van der Waals surface area contributed by atoms with Crippen LogP contribution >= 0.6 is 0 Å². The first-order valence-electron chi connectivity index (χ1n) is 6.27. The van der Waals surface area contributed by atoms with Gasteiger partial charge >= 0.3 is 0 Å². The molecule has 96 valence electrons. The molecule has 20 heavy (non-hydrogen) atoms. The lowest BCUT2D eigenvalue weighted by Gasteiger charge is -1.96. The second kappa shape index (κ2) is 4.03. The monoisotopic (exact) mass is 261 g/mol. The normalized spacial score (nSPS) is 11.2. The van der Waals surface area contributed by atoms with E-state index < -0.39 is 0 Å². The highest BCUT2D eigenvalue weighted by Gasteiger charge is 2.09. The molecule has 0 saturated heterocycles. The molecule has 4 aromatic rings. The zero-order valence-corrected chi connectivity index (χ0v) is 10.6. The van der Waals surface area contributed by atoms with Crippen molar-refractivity contribution in [2.75, 3.05) is 5.73 Å². The van der Waals surface area contributed by atoms with Gasteiger partial charge in [-0.3, -0.25) is 0 Å². The number of nitrogens with zero attached hydrogens (tertiary/aromatic N) is 4. The molecule has 0 unspecified atom stereocenters. The maximum Gasteiger partial charge on any atom is 0.182 e. The average molecular weight is 261 g/mol. The van der Waals surface area contributed by atoms with Crippen LogP contribution in [-0.2, 0) is 0 Å². The van der Waals surface area contributed by atoms with Gasteiger partial charge in [0.25, 0.3) is 0 Å². The van der Waals surface area contributed by atoms with E-state index in [-0.39, 0.29) is 0 Å². The van der Waals surface area contributed by atoms with Gasteiger partial charge in [0.15, 0.2) is 11.5 Å². The van der Waals surface area contributed by atoms with E-state index in [9.17, 15) is 0 Å². The molecule has 2 N–H and O–H groups in total. The Morgan fingerprint density at radius 3 is 2.80 bits per heavy atom. The molecule has 0 radical (unpaired) electrons. The molecular weight excluding hydrogens is 250 g/mol. The van der Waals surface area contributed by atoms with Crippen molar-refractivity contribution in [2.24, 2.45) is 0 Å². The van der Waals surface area contributed by atoms with Gasteiger partial charge in [-0.1, -0.05) is 24.3 Å². The van der Waals surface area contributed by atoms with Gasteiger partial charge < -0.3 is 5.73 Å². The Morgan fingerprint density at radius 2 is 1.90 bits per heavy atom. The van der Waals surface area contributed by atoms with Gasteiger partial charge in [0.05, 0.1) is 5.52 Å². The fourth-order valence-electron chi connectivity index (χ4n) is 2.28. The largest absolute Gasteiger partial charge is 0.399 e. The van der Waals surface area contributed by atoms with E-state index in [0.29, 0.717) is 11.5 Å². The number of para-hydroxylation sites is 1. The summed E-state index contributed by atoms with van der Waals surface area (Å²) in [6.45, 7) is 0. The van der Waals surface area contributed by atoms with Crippen LogP contribution in [0.5, 0.6) is 0 Å². The summed E-state index contributed by atoms with van der Waals surface area (Å²) < 4.78 is 1.70. The zero-order chi connectivity index (χ0) is 13.5. The highest BCUT2D eigenvalue weighted by molar-refractivity contribution is 5.91. The van der Waals surface area contributed by atoms with Gasteiger partial charge in [0.2, 0.25) is 0 Å². The Balaban J connectivity index is 2.01. The number of rotatable bonds is 1. The molecule has 2 aromatic heterocycles. The minimum Gasteiger partial charge on any atom is -0.399 e. The molecule has 0 amide bonds. The van der Waals surface area contributed by atoms with E-state index >= 15 is 0 Å². The van der Waals surface area contributed by atoms with Gasteiger partial charge in [-0.25, -0.2) is 14.5 Å². The molecule has 5 heteroatoms. The van der Waals surface area contributed by atoms with Gasteiger partial charge in [-0.15, -0.1) is 5.10 Å². The standard InChI is InChI=1S/C15H11N5/c16-11-5-3-4-10(8-11)14-18-15-12-6-1-2-7-13(12)17-9-20(15)19-14/h1-9H,16H2. The van der Waals surface area contributed by atoms with Crippen molar-refractivity contribution in [3.8, 4) is 11.4 Å². The summed E-state index contributed by atoms with van der Waals surface area (Å²) >= 11 is 0. The molecule has 0 aliphatic heterocycles. The summed E-state index contributed by atoms with van der Waals surface area (Å²) in [6.07, 6.45) is 1.68. The second-order valence-electron chi connectivity index (χ2n) is 4.59. The van der Waals surface area contributed by atoms with Gasteiger partial charge in [-0.05, 0) is 24.3 Å². The van der Waals surface area contributed by atoms with Gasteiger partial charge in [0.1, 0.15) is 6.33 Å². The van der Waals surface area contributed by atoms with Crippen molar-refractivity contribution in [3.63, 3.8) is 0 Å². The van der Waals surface area contributed by atoms with Crippen LogP contribution in [-0.4, -0.2) is 19.6 Å². The van der Waals surface area contributed by atoms with E-state index in [0.717, 1.165) is 22.1 Å². The molecule has 0 saturated carbocycles. The van der Waals surface area contributed by atoms with E-state index in [1.807, 2.05) is 48.5 Å². The Kier molecular flexibility index (Phi) is 2.20. The van der Waals surface area contributed by atoms with E-state index in [4.69, 9.17) is 5.73 Å². The van der Waals surface area contributed by atoms with Crippen LogP contribution in [0, 0.1) is 0 Å². The summed E-state index contributed by atoms with van der Waals surface area (Å²) in [6, 6.07) is 15.4. The molecular formula is C15H11N5. The van der Waals surface area contributed by atoms with Crippen molar-refractivity contribution in [1.82, 2.24) is 19.6 Å². The molecule has 0 atom stereocenters. The van der Waals surface area contributed by atoms with Crippen LogP contribution in [0.2, 0.25) is 0 Å². The lowest BCUT2D eigenvalue weighted by Crippen LogP contribution is -1.91. The topological polar surface area (TPSA) is 69.1 Å². The summed E-state index contributed by atoms with van der Waals surface area (Å²) in [5.74, 6) is 0.649. The zero-order valence-electron chi connectivity index (χ0n) is 10.6. The Labute approximate surface area is 114 Å². The Morgan fingerprint density at radius 1 is 1.00 bits per heavy atom. The maximum atomic E-state index is 5.81.